The number of carbonyl (C=O) groups is 1. The Bertz CT molecular complexity index is 883. The monoisotopic (exact) mass is 408 g/mol. The Balaban J connectivity index is 1.46. The van der Waals surface area contributed by atoms with Gasteiger partial charge in [0.25, 0.3) is 5.91 Å². The second-order valence-electron chi connectivity index (χ2n) is 9.30. The summed E-state index contributed by atoms with van der Waals surface area (Å²) in [6.07, 6.45) is 1.91. The van der Waals surface area contributed by atoms with Crippen molar-refractivity contribution < 1.29 is 9.53 Å². The summed E-state index contributed by atoms with van der Waals surface area (Å²) in [6, 6.07) is 12.3. The molecular weight excluding hydrogens is 376 g/mol. The van der Waals surface area contributed by atoms with Gasteiger partial charge in [0.15, 0.2) is 6.10 Å². The Labute approximate surface area is 179 Å². The molecule has 2 fully saturated rings. The van der Waals surface area contributed by atoms with Crippen LogP contribution in [0.3, 0.4) is 0 Å². The van der Waals surface area contributed by atoms with Crippen LogP contribution in [0, 0.1) is 0 Å². The molecule has 2 saturated heterocycles. The van der Waals surface area contributed by atoms with Crippen molar-refractivity contribution in [2.45, 2.75) is 38.7 Å². The van der Waals surface area contributed by atoms with Crippen molar-refractivity contribution >= 4 is 17.3 Å². The normalized spacial score (nSPS) is 20.7. The van der Waals surface area contributed by atoms with Gasteiger partial charge in [-0.2, -0.15) is 0 Å². The van der Waals surface area contributed by atoms with Crippen molar-refractivity contribution in [2.75, 3.05) is 49.6 Å². The highest BCUT2D eigenvalue weighted by atomic mass is 16.5. The Morgan fingerprint density at radius 2 is 1.70 bits per heavy atom. The summed E-state index contributed by atoms with van der Waals surface area (Å²) in [4.78, 5) is 24.0. The van der Waals surface area contributed by atoms with Gasteiger partial charge >= 0.3 is 0 Å². The SMILES string of the molecule is CN1CCN(c2cccnc2OC2CCN(c3ccc(C(C)(C)C)cc3)C2=O)CC1. The number of hydrogen-bond donors (Lipinski definition) is 0. The Kier molecular flexibility index (Phi) is 5.69. The molecule has 4 rings (SSSR count). The molecule has 1 unspecified atom stereocenters. The second kappa shape index (κ2) is 8.26. The maximum absolute atomic E-state index is 13.1. The molecule has 1 atom stereocenters. The fourth-order valence-corrected chi connectivity index (χ4v) is 4.06. The van der Waals surface area contributed by atoms with E-state index in [1.807, 2.05) is 29.2 Å². The van der Waals surface area contributed by atoms with Crippen LogP contribution in [0.15, 0.2) is 42.6 Å². The van der Waals surface area contributed by atoms with Gasteiger partial charge in [-0.05, 0) is 42.3 Å². The summed E-state index contributed by atoms with van der Waals surface area (Å²) < 4.78 is 6.17. The molecule has 3 heterocycles. The van der Waals surface area contributed by atoms with Crippen LogP contribution in [0.25, 0.3) is 0 Å². The molecule has 0 bridgehead atoms. The summed E-state index contributed by atoms with van der Waals surface area (Å²) in [7, 11) is 2.14. The third kappa shape index (κ3) is 4.29. The van der Waals surface area contributed by atoms with Crippen LogP contribution in [0.4, 0.5) is 11.4 Å². The number of anilines is 2. The number of benzene rings is 1. The summed E-state index contributed by atoms with van der Waals surface area (Å²) >= 11 is 0. The van der Waals surface area contributed by atoms with Crippen LogP contribution in [-0.4, -0.2) is 61.7 Å². The van der Waals surface area contributed by atoms with Crippen LogP contribution in [0.2, 0.25) is 0 Å². The van der Waals surface area contributed by atoms with E-state index in [-0.39, 0.29) is 11.3 Å². The number of amides is 1. The van der Waals surface area contributed by atoms with Crippen LogP contribution >= 0.6 is 0 Å². The molecule has 1 aromatic carbocycles. The van der Waals surface area contributed by atoms with E-state index < -0.39 is 6.10 Å². The molecule has 0 spiro atoms. The lowest BCUT2D eigenvalue weighted by Gasteiger charge is -2.34. The van der Waals surface area contributed by atoms with Crippen LogP contribution < -0.4 is 14.5 Å². The third-order valence-corrected chi connectivity index (χ3v) is 6.05. The molecule has 0 N–H and O–H groups in total. The molecule has 1 amide bonds. The number of rotatable bonds is 4. The highest BCUT2D eigenvalue weighted by Crippen LogP contribution is 2.31. The molecule has 30 heavy (non-hydrogen) atoms. The predicted molar refractivity (Wildman–Crippen MR) is 120 cm³/mol. The number of pyridine rings is 1. The minimum absolute atomic E-state index is 0.00786. The Morgan fingerprint density at radius 3 is 2.37 bits per heavy atom. The summed E-state index contributed by atoms with van der Waals surface area (Å²) in [5.74, 6) is 0.568. The fraction of sp³-hybridized carbons (Fsp3) is 0.500. The first-order valence-electron chi connectivity index (χ1n) is 10.8. The average molecular weight is 409 g/mol. The number of carbonyl (C=O) groups excluding carboxylic acids is 1. The van der Waals surface area contributed by atoms with Gasteiger partial charge < -0.3 is 19.4 Å². The predicted octanol–water partition coefficient (Wildman–Crippen LogP) is 3.32. The Morgan fingerprint density at radius 1 is 1.00 bits per heavy atom. The molecule has 6 nitrogen and oxygen atoms in total. The lowest BCUT2D eigenvalue weighted by Crippen LogP contribution is -2.44. The molecule has 2 aliphatic heterocycles. The van der Waals surface area contributed by atoms with E-state index >= 15 is 0 Å². The van der Waals surface area contributed by atoms with E-state index in [9.17, 15) is 4.79 Å². The van der Waals surface area contributed by atoms with Crippen molar-refractivity contribution in [1.82, 2.24) is 9.88 Å². The lowest BCUT2D eigenvalue weighted by atomic mass is 9.87. The van der Waals surface area contributed by atoms with Crippen LogP contribution in [0.1, 0.15) is 32.8 Å². The van der Waals surface area contributed by atoms with Crippen molar-refractivity contribution in [2.24, 2.45) is 0 Å². The zero-order chi connectivity index (χ0) is 21.3. The standard InChI is InChI=1S/C24H32N4O2/c1-24(2,3)18-7-9-19(10-8-18)28-13-11-21(23(28)29)30-22-20(6-5-12-25-22)27-16-14-26(4)15-17-27/h5-10,12,21H,11,13-17H2,1-4H3. The maximum Gasteiger partial charge on any atom is 0.268 e. The van der Waals surface area contributed by atoms with Crippen LogP contribution in [0.5, 0.6) is 5.88 Å². The van der Waals surface area contributed by atoms with Gasteiger partial charge in [0, 0.05) is 51.0 Å². The van der Waals surface area contributed by atoms with Gasteiger partial charge in [-0.1, -0.05) is 32.9 Å². The van der Waals surface area contributed by atoms with Gasteiger partial charge in [-0.3, -0.25) is 4.79 Å². The Hall–Kier alpha value is -2.60. The first-order valence-corrected chi connectivity index (χ1v) is 10.8. The zero-order valence-corrected chi connectivity index (χ0v) is 18.5. The smallest absolute Gasteiger partial charge is 0.268 e. The molecule has 0 aliphatic carbocycles. The van der Waals surface area contributed by atoms with Gasteiger partial charge in [0.1, 0.15) is 0 Å². The highest BCUT2D eigenvalue weighted by molar-refractivity contribution is 5.99. The van der Waals surface area contributed by atoms with E-state index in [4.69, 9.17) is 4.74 Å². The van der Waals surface area contributed by atoms with Crippen molar-refractivity contribution in [3.63, 3.8) is 0 Å². The molecule has 0 radical (unpaired) electrons. The summed E-state index contributed by atoms with van der Waals surface area (Å²) in [5, 5.41) is 0. The minimum atomic E-state index is -0.492. The summed E-state index contributed by atoms with van der Waals surface area (Å²) in [6.45, 7) is 11.1. The van der Waals surface area contributed by atoms with Crippen molar-refractivity contribution in [3.05, 3.63) is 48.2 Å². The van der Waals surface area contributed by atoms with Gasteiger partial charge in [-0.25, -0.2) is 4.98 Å². The lowest BCUT2D eigenvalue weighted by molar-refractivity contribution is -0.123. The number of piperazine rings is 1. The van der Waals surface area contributed by atoms with Gasteiger partial charge in [-0.15, -0.1) is 0 Å². The largest absolute Gasteiger partial charge is 0.463 e. The third-order valence-electron chi connectivity index (χ3n) is 6.05. The number of hydrogen-bond acceptors (Lipinski definition) is 5. The van der Waals surface area contributed by atoms with Crippen molar-refractivity contribution in [1.29, 1.82) is 0 Å². The average Bonchev–Trinajstić information content (AvgIpc) is 3.09. The number of nitrogens with zero attached hydrogens (tertiary/aromatic N) is 4. The van der Waals surface area contributed by atoms with E-state index in [0.29, 0.717) is 18.8 Å². The second-order valence-corrected chi connectivity index (χ2v) is 9.30. The maximum atomic E-state index is 13.1. The van der Waals surface area contributed by atoms with E-state index in [1.165, 1.54) is 5.56 Å². The molecule has 160 valence electrons. The number of likely N-dealkylation sites (N-methyl/N-ethyl adjacent to an activating group) is 1. The first kappa shape index (κ1) is 20.7. The van der Waals surface area contributed by atoms with E-state index in [0.717, 1.165) is 37.6 Å². The zero-order valence-electron chi connectivity index (χ0n) is 18.5. The van der Waals surface area contributed by atoms with Gasteiger partial charge in [0.05, 0.1) is 5.69 Å². The molecule has 2 aliphatic rings. The molecule has 0 saturated carbocycles. The summed E-state index contributed by atoms with van der Waals surface area (Å²) in [5.41, 5.74) is 3.26. The fourth-order valence-electron chi connectivity index (χ4n) is 4.06. The first-order chi connectivity index (χ1) is 14.3. The number of aromatic nitrogens is 1. The molecular formula is C24H32N4O2. The highest BCUT2D eigenvalue weighted by Gasteiger charge is 2.35. The minimum Gasteiger partial charge on any atom is -0.463 e. The van der Waals surface area contributed by atoms with Gasteiger partial charge in [0.2, 0.25) is 5.88 Å². The number of ether oxygens (including phenoxy) is 1. The van der Waals surface area contributed by atoms with Crippen molar-refractivity contribution in [3.8, 4) is 5.88 Å². The quantitative estimate of drug-likeness (QED) is 0.777. The van der Waals surface area contributed by atoms with E-state index in [1.54, 1.807) is 6.20 Å². The molecule has 1 aromatic heterocycles. The topological polar surface area (TPSA) is 48.9 Å². The van der Waals surface area contributed by atoms with Crippen LogP contribution in [-0.2, 0) is 10.2 Å². The van der Waals surface area contributed by atoms with E-state index in [2.05, 4.69) is 54.7 Å². The molecule has 2 aromatic rings. The molecule has 6 heteroatoms.